The number of hydrogen-bond donors (Lipinski definition) is 2. The van der Waals surface area contributed by atoms with E-state index in [1.165, 1.54) is 6.07 Å². The van der Waals surface area contributed by atoms with Crippen molar-refractivity contribution in [3.8, 4) is 5.75 Å². The smallest absolute Gasteiger partial charge is 0.387 e. The quantitative estimate of drug-likeness (QED) is 0.218. The molecule has 0 aliphatic carbocycles. The molecule has 2 N–H and O–H groups in total. The number of rotatable bonds is 10. The third kappa shape index (κ3) is 9.32. The van der Waals surface area contributed by atoms with Gasteiger partial charge in [0.15, 0.2) is 5.96 Å². The average Bonchev–Trinajstić information content (AvgIpc) is 3.13. The van der Waals surface area contributed by atoms with E-state index < -0.39 is 6.61 Å². The highest BCUT2D eigenvalue weighted by molar-refractivity contribution is 14.0. The Morgan fingerprint density at radius 2 is 1.96 bits per heavy atom. The number of benzene rings is 1. The number of nitrogens with zero attached hydrogens (tertiary/aromatic N) is 1. The molecule has 2 rings (SSSR count). The van der Waals surface area contributed by atoms with Crippen LogP contribution in [0.2, 0.25) is 0 Å². The maximum Gasteiger partial charge on any atom is 0.387 e. The Balaban J connectivity index is 0.00000364. The SMILES string of the molecule is CSCCNC(=NCc1ccccc1OC(F)F)NCCc1ccco1.I. The molecule has 0 amide bonds. The second kappa shape index (κ2) is 13.6. The van der Waals surface area contributed by atoms with Gasteiger partial charge in [0, 0.05) is 30.8 Å². The minimum Gasteiger partial charge on any atom is -0.469 e. The number of hydrogen-bond acceptors (Lipinski definition) is 4. The standard InChI is InChI=1S/C18H23F2N3O2S.HI/c1-26-12-10-22-18(21-9-8-15-6-4-11-24-15)23-13-14-5-2-3-7-16(14)25-17(19)20;/h2-7,11,17H,8-10,12-13H2,1H3,(H2,21,22,23);1H. The molecule has 1 aromatic carbocycles. The number of halogens is 3. The van der Waals surface area contributed by atoms with Crippen molar-refractivity contribution in [1.29, 1.82) is 0 Å². The first-order valence-electron chi connectivity index (χ1n) is 8.25. The second-order valence-electron chi connectivity index (χ2n) is 5.33. The van der Waals surface area contributed by atoms with Gasteiger partial charge in [-0.1, -0.05) is 18.2 Å². The molecule has 1 aromatic heterocycles. The van der Waals surface area contributed by atoms with Crippen LogP contribution in [-0.2, 0) is 13.0 Å². The molecule has 27 heavy (non-hydrogen) atoms. The third-order valence-corrected chi connectivity index (χ3v) is 4.05. The summed E-state index contributed by atoms with van der Waals surface area (Å²) in [6, 6.07) is 10.4. The minimum atomic E-state index is -2.86. The van der Waals surface area contributed by atoms with E-state index in [-0.39, 0.29) is 36.3 Å². The van der Waals surface area contributed by atoms with Crippen LogP contribution in [0, 0.1) is 0 Å². The van der Waals surface area contributed by atoms with Crippen LogP contribution in [0.25, 0.3) is 0 Å². The van der Waals surface area contributed by atoms with Crippen molar-refractivity contribution in [3.05, 3.63) is 54.0 Å². The van der Waals surface area contributed by atoms with Gasteiger partial charge in [0.05, 0.1) is 12.8 Å². The summed E-state index contributed by atoms with van der Waals surface area (Å²) < 4.78 is 34.9. The third-order valence-electron chi connectivity index (χ3n) is 3.44. The Bertz CT molecular complexity index is 672. The molecule has 1 heterocycles. The summed E-state index contributed by atoms with van der Waals surface area (Å²) in [5, 5.41) is 6.46. The summed E-state index contributed by atoms with van der Waals surface area (Å²) in [7, 11) is 0. The summed E-state index contributed by atoms with van der Waals surface area (Å²) >= 11 is 1.73. The zero-order valence-electron chi connectivity index (χ0n) is 15.0. The van der Waals surface area contributed by atoms with Gasteiger partial charge < -0.3 is 19.8 Å². The summed E-state index contributed by atoms with van der Waals surface area (Å²) in [4.78, 5) is 4.48. The molecule has 0 unspecified atom stereocenters. The van der Waals surface area contributed by atoms with Crippen molar-refractivity contribution < 1.29 is 17.9 Å². The topological polar surface area (TPSA) is 58.8 Å². The fraction of sp³-hybridized carbons (Fsp3) is 0.389. The largest absolute Gasteiger partial charge is 0.469 e. The molecule has 0 radical (unpaired) electrons. The first-order valence-corrected chi connectivity index (χ1v) is 9.64. The van der Waals surface area contributed by atoms with E-state index in [2.05, 4.69) is 20.4 Å². The van der Waals surface area contributed by atoms with Crippen molar-refractivity contribution in [2.24, 2.45) is 4.99 Å². The van der Waals surface area contributed by atoms with E-state index in [1.807, 2.05) is 18.4 Å². The molecule has 150 valence electrons. The number of guanidine groups is 1. The lowest BCUT2D eigenvalue weighted by atomic mass is 10.2. The minimum absolute atomic E-state index is 0. The Morgan fingerprint density at radius 3 is 2.67 bits per heavy atom. The van der Waals surface area contributed by atoms with Gasteiger partial charge in [-0.25, -0.2) is 4.99 Å². The first kappa shape index (κ1) is 23.5. The van der Waals surface area contributed by atoms with Crippen LogP contribution >= 0.6 is 35.7 Å². The molecule has 2 aromatic rings. The van der Waals surface area contributed by atoms with Crippen molar-refractivity contribution in [1.82, 2.24) is 10.6 Å². The van der Waals surface area contributed by atoms with Crippen LogP contribution in [0.5, 0.6) is 5.75 Å². The number of ether oxygens (including phenoxy) is 1. The Hall–Kier alpha value is -1.49. The molecular weight excluding hydrogens is 487 g/mol. The van der Waals surface area contributed by atoms with E-state index in [1.54, 1.807) is 36.2 Å². The molecule has 0 fully saturated rings. The monoisotopic (exact) mass is 511 g/mol. The van der Waals surface area contributed by atoms with E-state index in [0.29, 0.717) is 18.1 Å². The van der Waals surface area contributed by atoms with Gasteiger partial charge in [0.1, 0.15) is 11.5 Å². The maximum atomic E-state index is 12.5. The van der Waals surface area contributed by atoms with Crippen LogP contribution in [0.1, 0.15) is 11.3 Å². The van der Waals surface area contributed by atoms with Gasteiger partial charge in [-0.15, -0.1) is 24.0 Å². The van der Waals surface area contributed by atoms with Gasteiger partial charge in [-0.05, 0) is 24.5 Å². The lowest BCUT2D eigenvalue weighted by Gasteiger charge is -2.13. The van der Waals surface area contributed by atoms with Crippen LogP contribution in [-0.4, -0.2) is 37.7 Å². The predicted molar refractivity (Wildman–Crippen MR) is 116 cm³/mol. The molecule has 0 saturated heterocycles. The number of nitrogens with one attached hydrogen (secondary N) is 2. The Morgan fingerprint density at radius 1 is 1.19 bits per heavy atom. The van der Waals surface area contributed by atoms with Gasteiger partial charge in [-0.2, -0.15) is 20.5 Å². The zero-order valence-corrected chi connectivity index (χ0v) is 18.1. The van der Waals surface area contributed by atoms with E-state index >= 15 is 0 Å². The van der Waals surface area contributed by atoms with Gasteiger partial charge in [0.25, 0.3) is 0 Å². The van der Waals surface area contributed by atoms with Crippen LogP contribution in [0.4, 0.5) is 8.78 Å². The lowest BCUT2D eigenvalue weighted by molar-refractivity contribution is -0.0504. The van der Waals surface area contributed by atoms with Crippen LogP contribution in [0.3, 0.4) is 0 Å². The fourth-order valence-electron chi connectivity index (χ4n) is 2.21. The Kier molecular flexibility index (Phi) is 11.9. The number of para-hydroxylation sites is 1. The molecular formula is C18H24F2IN3O2S. The molecule has 0 saturated carbocycles. The van der Waals surface area contributed by atoms with Crippen molar-refractivity contribution >= 4 is 41.7 Å². The highest BCUT2D eigenvalue weighted by Crippen LogP contribution is 2.20. The molecule has 0 aliphatic rings. The van der Waals surface area contributed by atoms with Crippen molar-refractivity contribution in [2.45, 2.75) is 19.6 Å². The van der Waals surface area contributed by atoms with Gasteiger partial charge >= 0.3 is 6.61 Å². The molecule has 0 spiro atoms. The fourth-order valence-corrected chi connectivity index (χ4v) is 2.52. The van der Waals surface area contributed by atoms with E-state index in [4.69, 9.17) is 4.42 Å². The second-order valence-corrected chi connectivity index (χ2v) is 6.31. The maximum absolute atomic E-state index is 12.5. The molecule has 0 atom stereocenters. The Labute approximate surface area is 179 Å². The van der Waals surface area contributed by atoms with Crippen molar-refractivity contribution in [3.63, 3.8) is 0 Å². The molecule has 0 bridgehead atoms. The number of thioether (sulfide) groups is 1. The van der Waals surface area contributed by atoms with E-state index in [0.717, 1.165) is 24.5 Å². The molecule has 9 heteroatoms. The van der Waals surface area contributed by atoms with Crippen LogP contribution < -0.4 is 15.4 Å². The summed E-state index contributed by atoms with van der Waals surface area (Å²) in [5.74, 6) is 2.59. The number of furan rings is 1. The number of alkyl halides is 2. The van der Waals surface area contributed by atoms with Gasteiger partial charge in [0.2, 0.25) is 0 Å². The number of aliphatic imine (C=N–C) groups is 1. The summed E-state index contributed by atoms with van der Waals surface area (Å²) in [6.07, 6.45) is 4.39. The van der Waals surface area contributed by atoms with Crippen molar-refractivity contribution in [2.75, 3.05) is 25.1 Å². The summed E-state index contributed by atoms with van der Waals surface area (Å²) in [5.41, 5.74) is 0.602. The summed E-state index contributed by atoms with van der Waals surface area (Å²) in [6.45, 7) is -1.22. The molecule has 5 nitrogen and oxygen atoms in total. The first-order chi connectivity index (χ1) is 12.7. The normalized spacial score (nSPS) is 11.2. The molecule has 0 aliphatic heterocycles. The average molecular weight is 511 g/mol. The highest BCUT2D eigenvalue weighted by atomic mass is 127. The van der Waals surface area contributed by atoms with Gasteiger partial charge in [-0.3, -0.25) is 0 Å². The lowest BCUT2D eigenvalue weighted by Crippen LogP contribution is -2.39. The highest BCUT2D eigenvalue weighted by Gasteiger charge is 2.09. The predicted octanol–water partition coefficient (Wildman–Crippen LogP) is 4.14. The van der Waals surface area contributed by atoms with Crippen LogP contribution in [0.15, 0.2) is 52.1 Å². The van der Waals surface area contributed by atoms with E-state index in [9.17, 15) is 8.78 Å². The zero-order chi connectivity index (χ0) is 18.6.